The van der Waals surface area contributed by atoms with Gasteiger partial charge in [0.25, 0.3) is 0 Å². The summed E-state index contributed by atoms with van der Waals surface area (Å²) in [7, 11) is 2.78. The van der Waals surface area contributed by atoms with E-state index < -0.39 is 58.8 Å². The van der Waals surface area contributed by atoms with E-state index in [2.05, 4.69) is 29.1 Å². The van der Waals surface area contributed by atoms with E-state index in [0.717, 1.165) is 25.7 Å². The van der Waals surface area contributed by atoms with Gasteiger partial charge in [-0.1, -0.05) is 32.9 Å². The van der Waals surface area contributed by atoms with Gasteiger partial charge >= 0.3 is 41.6 Å². The summed E-state index contributed by atoms with van der Waals surface area (Å²) in [4.78, 5) is 72.7. The number of carbonyl (C=O) groups excluding carboxylic acids is 5. The predicted molar refractivity (Wildman–Crippen MR) is 184 cm³/mol. The minimum atomic E-state index is -1.30. The van der Waals surface area contributed by atoms with E-state index in [1.165, 1.54) is 25.2 Å². The zero-order valence-corrected chi connectivity index (χ0v) is 32.6. The first-order valence-electron chi connectivity index (χ1n) is 16.9. The summed E-state index contributed by atoms with van der Waals surface area (Å²) in [6.07, 6.45) is 3.76. The van der Waals surface area contributed by atoms with Gasteiger partial charge in [0.1, 0.15) is 41.3 Å². The Morgan fingerprint density at radius 2 is 1.78 bits per heavy atom. The maximum Gasteiger partial charge on any atom is 1.00 e. The van der Waals surface area contributed by atoms with Crippen LogP contribution in [0.2, 0.25) is 0 Å². The molecule has 14 heteroatoms. The third kappa shape index (κ3) is 8.31. The van der Waals surface area contributed by atoms with Gasteiger partial charge in [-0.3, -0.25) is 9.59 Å². The van der Waals surface area contributed by atoms with Gasteiger partial charge in [0, 0.05) is 29.1 Å². The molecule has 1 aromatic carbocycles. The average Bonchev–Trinajstić information content (AvgIpc) is 3.34. The molecule has 270 valence electrons. The number of ketones is 1. The smallest absolute Gasteiger partial charge is 0.496 e. The van der Waals surface area contributed by atoms with Crippen LogP contribution in [0, 0.1) is 25.2 Å². The van der Waals surface area contributed by atoms with Crippen LogP contribution in [0.4, 0.5) is 4.79 Å². The summed E-state index contributed by atoms with van der Waals surface area (Å²) in [5.41, 5.74) is -0.821. The van der Waals surface area contributed by atoms with Gasteiger partial charge in [0.05, 0.1) is 26.3 Å². The molecule has 5 rings (SSSR count). The molecule has 0 bridgehead atoms. The van der Waals surface area contributed by atoms with Crippen molar-refractivity contribution >= 4 is 40.6 Å². The molecule has 1 aromatic heterocycles. The second-order valence-electron chi connectivity index (χ2n) is 14.5. The normalized spacial score (nSPS) is 23.4. The second kappa shape index (κ2) is 15.8. The number of nitrogens with zero attached hydrogens (tertiary/aromatic N) is 2. The molecule has 2 N–H and O–H groups in total. The van der Waals surface area contributed by atoms with Gasteiger partial charge in [0.15, 0.2) is 0 Å². The Bertz CT molecular complexity index is 1700. The number of aryl methyl sites for hydroxylation is 1. The van der Waals surface area contributed by atoms with Crippen molar-refractivity contribution < 1.29 is 72.5 Å². The monoisotopic (exact) mass is 714 g/mol. The number of rotatable bonds is 11. The molecule has 2 aliphatic carbocycles. The number of ether oxygens (including phenoxy) is 4. The van der Waals surface area contributed by atoms with Crippen LogP contribution in [-0.2, 0) is 23.9 Å². The number of pyridine rings is 1. The Kier molecular flexibility index (Phi) is 12.4. The van der Waals surface area contributed by atoms with E-state index >= 15 is 0 Å². The number of aromatic nitrogens is 1. The van der Waals surface area contributed by atoms with E-state index in [9.17, 15) is 24.0 Å². The van der Waals surface area contributed by atoms with E-state index in [-0.39, 0.29) is 60.2 Å². The van der Waals surface area contributed by atoms with Crippen molar-refractivity contribution in [1.82, 2.24) is 20.5 Å². The Balaban J connectivity index is 0.00000583. The molecule has 5 atom stereocenters. The predicted octanol–water partition coefficient (Wildman–Crippen LogP) is 1.24. The maximum absolute atomic E-state index is 14.5. The Hall–Kier alpha value is -3.81. The third-order valence-corrected chi connectivity index (χ3v) is 9.94. The SMILES string of the molecule is C=C[C@@H]1C[C@]1(NC(=O)[C@@H]1C[C@@H](Oc2cc(C([CH2-])=O)nc3c(C)c(OC)ccc23)CN1C(=O)[C@@H](NC(=O)OC1CCCC1)C(C)(C)C)C(=O)OC.[Na+]. The minimum absolute atomic E-state index is 0. The summed E-state index contributed by atoms with van der Waals surface area (Å²) in [5.74, 6) is -1.66. The number of esters is 1. The first kappa shape index (κ1) is 40.0. The molecule has 1 aliphatic heterocycles. The van der Waals surface area contributed by atoms with E-state index in [0.29, 0.717) is 34.4 Å². The number of Topliss-reactive ketones (excluding diaryl/α,β-unsaturated/α-hetero) is 1. The fraction of sp³-hybridized carbons (Fsp3) is 0.541. The number of methoxy groups -OCH3 is 2. The van der Waals surface area contributed by atoms with Gasteiger partial charge in [-0.2, -0.15) is 6.92 Å². The summed E-state index contributed by atoms with van der Waals surface area (Å²) in [5, 5.41) is 6.22. The summed E-state index contributed by atoms with van der Waals surface area (Å²) >= 11 is 0. The van der Waals surface area contributed by atoms with Crippen LogP contribution in [0.5, 0.6) is 11.5 Å². The number of fused-ring (bicyclic) bond motifs is 1. The number of hydrogen-bond acceptors (Lipinski definition) is 10. The first-order chi connectivity index (χ1) is 23.6. The molecule has 3 fully saturated rings. The van der Waals surface area contributed by atoms with E-state index in [4.69, 9.17) is 18.9 Å². The molecule has 0 unspecified atom stereocenters. The molecular weight excluding hydrogens is 667 g/mol. The van der Waals surface area contributed by atoms with Gasteiger partial charge in [0.2, 0.25) is 11.8 Å². The largest absolute Gasteiger partial charge is 1.00 e. The van der Waals surface area contributed by atoms with Crippen molar-refractivity contribution in [3.05, 3.63) is 49.0 Å². The quantitative estimate of drug-likeness (QED) is 0.114. The number of hydrogen-bond donors (Lipinski definition) is 2. The first-order valence-corrected chi connectivity index (χ1v) is 16.9. The minimum Gasteiger partial charge on any atom is -0.496 e. The number of carbonyl (C=O) groups is 5. The van der Waals surface area contributed by atoms with Crippen LogP contribution in [0.15, 0.2) is 30.9 Å². The Morgan fingerprint density at radius 1 is 1.10 bits per heavy atom. The van der Waals surface area contributed by atoms with Crippen LogP contribution >= 0.6 is 0 Å². The van der Waals surface area contributed by atoms with Gasteiger partial charge < -0.3 is 44.3 Å². The molecule has 0 radical (unpaired) electrons. The Labute approximate surface area is 320 Å². The van der Waals surface area contributed by atoms with E-state index in [1.807, 2.05) is 27.7 Å². The molecular formula is C37H47N4NaO9. The molecule has 2 saturated carbocycles. The molecule has 13 nitrogen and oxygen atoms in total. The maximum atomic E-state index is 14.5. The average molecular weight is 715 g/mol. The fourth-order valence-electron chi connectivity index (χ4n) is 7.01. The second-order valence-corrected chi connectivity index (χ2v) is 14.5. The van der Waals surface area contributed by atoms with Gasteiger partial charge in [-0.15, -0.1) is 6.58 Å². The van der Waals surface area contributed by atoms with Crippen LogP contribution in [-0.4, -0.2) is 90.1 Å². The Morgan fingerprint density at radius 3 is 2.35 bits per heavy atom. The summed E-state index contributed by atoms with van der Waals surface area (Å²) in [6, 6.07) is 2.88. The topological polar surface area (TPSA) is 162 Å². The summed E-state index contributed by atoms with van der Waals surface area (Å²) in [6.45, 7) is 14.5. The summed E-state index contributed by atoms with van der Waals surface area (Å²) < 4.78 is 22.6. The standard InChI is InChI=1S/C37H47N4O9.Na/c1-9-22-18-37(22,34(45)48-8)40-32(43)27-16-24(49-29-17-26(21(3)42)38-30-20(2)28(47-7)15-14-25(29)30)19-41(27)33(44)31(36(4,5)6)39-35(46)50-23-12-10-11-13-23;/h9,14-15,17,22-24,27,31H,1,3,10-13,16,18-19H2,2,4-8H3,(H,39,46)(H,40,43);/q-1;+1/t22-,24-,27+,31-,37-;/m1./s1. The van der Waals surface area contributed by atoms with Crippen molar-refractivity contribution in [3.63, 3.8) is 0 Å². The van der Waals surface area contributed by atoms with Gasteiger partial charge in [-0.05, 0) is 62.3 Å². The van der Waals surface area contributed by atoms with Crippen LogP contribution in [0.1, 0.15) is 75.3 Å². The van der Waals surface area contributed by atoms with Crippen LogP contribution in [0.3, 0.4) is 0 Å². The molecule has 3 amide bonds. The number of amides is 3. The molecule has 1 saturated heterocycles. The molecule has 0 spiro atoms. The van der Waals surface area contributed by atoms with Gasteiger partial charge in [-0.25, -0.2) is 9.59 Å². The molecule has 3 aliphatic rings. The van der Waals surface area contributed by atoms with Crippen molar-refractivity contribution in [2.75, 3.05) is 20.8 Å². The van der Waals surface area contributed by atoms with Crippen molar-refractivity contribution in [3.8, 4) is 11.5 Å². The number of likely N-dealkylation sites (tertiary alicyclic amines) is 1. The molecule has 2 aromatic rings. The van der Waals surface area contributed by atoms with E-state index in [1.54, 1.807) is 18.2 Å². The number of alkyl carbamates (subject to hydrolysis) is 1. The van der Waals surface area contributed by atoms with Crippen LogP contribution in [0.25, 0.3) is 10.9 Å². The molecule has 51 heavy (non-hydrogen) atoms. The third-order valence-electron chi connectivity index (χ3n) is 9.94. The van der Waals surface area contributed by atoms with Crippen LogP contribution < -0.4 is 49.7 Å². The zero-order chi connectivity index (χ0) is 36.5. The zero-order valence-electron chi connectivity index (χ0n) is 30.6. The van der Waals surface area contributed by atoms with Crippen molar-refractivity contribution in [2.45, 2.75) is 96.1 Å². The fourth-order valence-corrected chi connectivity index (χ4v) is 7.01. The number of benzene rings is 1. The van der Waals surface area contributed by atoms with Crippen molar-refractivity contribution in [2.24, 2.45) is 11.3 Å². The number of nitrogens with one attached hydrogen (secondary N) is 2. The van der Waals surface area contributed by atoms with Crippen molar-refractivity contribution in [1.29, 1.82) is 0 Å². The molecule has 2 heterocycles.